The van der Waals surface area contributed by atoms with E-state index in [1.807, 2.05) is 60.0 Å². The summed E-state index contributed by atoms with van der Waals surface area (Å²) in [7, 11) is 0. The van der Waals surface area contributed by atoms with Crippen molar-refractivity contribution in [1.82, 2.24) is 15.2 Å². The lowest BCUT2D eigenvalue weighted by Gasteiger charge is -2.22. The maximum atomic E-state index is 13.2. The molecule has 1 fully saturated rings. The van der Waals surface area contributed by atoms with Crippen LogP contribution in [0.5, 0.6) is 0 Å². The summed E-state index contributed by atoms with van der Waals surface area (Å²) in [6, 6.07) is 17.4. The predicted octanol–water partition coefficient (Wildman–Crippen LogP) is 4.90. The molecule has 2 aromatic carbocycles. The summed E-state index contributed by atoms with van der Waals surface area (Å²) in [5, 5.41) is 5.64. The summed E-state index contributed by atoms with van der Waals surface area (Å²) in [6.45, 7) is 6.17. The number of rotatable bonds is 5. The zero-order valence-corrected chi connectivity index (χ0v) is 17.5. The zero-order valence-electron chi connectivity index (χ0n) is 16.7. The van der Waals surface area contributed by atoms with Crippen LogP contribution < -0.4 is 5.32 Å². The second-order valence-electron chi connectivity index (χ2n) is 7.73. The number of amides is 3. The third-order valence-electron chi connectivity index (χ3n) is 5.32. The Morgan fingerprint density at radius 3 is 2.41 bits per heavy atom. The molecule has 2 heterocycles. The van der Waals surface area contributed by atoms with Gasteiger partial charge in [0.1, 0.15) is 10.5 Å². The molecule has 1 atom stereocenters. The molecular formula is C23H23N3O2S. The lowest BCUT2D eigenvalue weighted by molar-refractivity contribution is -0.131. The number of urea groups is 1. The highest BCUT2D eigenvalue weighted by molar-refractivity contribution is 7.13. The van der Waals surface area contributed by atoms with Crippen molar-refractivity contribution < 1.29 is 9.59 Å². The topological polar surface area (TPSA) is 62.3 Å². The van der Waals surface area contributed by atoms with E-state index >= 15 is 0 Å². The summed E-state index contributed by atoms with van der Waals surface area (Å²) >= 11 is 1.51. The van der Waals surface area contributed by atoms with Gasteiger partial charge in [-0.15, -0.1) is 11.3 Å². The van der Waals surface area contributed by atoms with Gasteiger partial charge < -0.3 is 5.32 Å². The van der Waals surface area contributed by atoms with Gasteiger partial charge in [0.05, 0.1) is 12.2 Å². The van der Waals surface area contributed by atoms with E-state index in [4.69, 9.17) is 0 Å². The quantitative estimate of drug-likeness (QED) is 0.614. The monoisotopic (exact) mass is 405 g/mol. The average Bonchev–Trinajstić information content (AvgIpc) is 3.28. The van der Waals surface area contributed by atoms with Crippen LogP contribution in [0.4, 0.5) is 4.79 Å². The Kier molecular flexibility index (Phi) is 4.96. The van der Waals surface area contributed by atoms with Gasteiger partial charge in [-0.3, -0.25) is 9.69 Å². The number of hydrogen-bond donors (Lipinski definition) is 1. The van der Waals surface area contributed by atoms with E-state index in [-0.39, 0.29) is 18.5 Å². The first-order chi connectivity index (χ1) is 13.9. The average molecular weight is 406 g/mol. The molecule has 0 spiro atoms. The maximum Gasteiger partial charge on any atom is 0.325 e. The molecule has 1 aromatic heterocycles. The molecule has 4 rings (SSSR count). The second-order valence-corrected chi connectivity index (χ2v) is 8.59. The van der Waals surface area contributed by atoms with Crippen molar-refractivity contribution >= 4 is 23.3 Å². The largest absolute Gasteiger partial charge is 0.325 e. The van der Waals surface area contributed by atoms with Crippen LogP contribution in [0.25, 0.3) is 10.6 Å². The zero-order chi connectivity index (χ0) is 20.6. The van der Waals surface area contributed by atoms with E-state index in [0.29, 0.717) is 11.6 Å². The molecule has 3 amide bonds. The Bertz CT molecular complexity index is 1040. The molecule has 0 saturated carbocycles. The van der Waals surface area contributed by atoms with E-state index in [1.165, 1.54) is 21.8 Å². The standard InChI is InChI=1S/C23H23N3O2S/c1-15(2)16-9-11-18(12-10-16)23(3)21(27)26(22(28)25-23)13-19-14-29-20(24-19)17-7-5-4-6-8-17/h4-12,14-15H,13H2,1-3H3,(H,25,28)/t23-/m1/s1. The summed E-state index contributed by atoms with van der Waals surface area (Å²) in [4.78, 5) is 31.6. The number of thiazole rings is 1. The number of carbonyl (C=O) groups is 2. The van der Waals surface area contributed by atoms with Crippen molar-refractivity contribution in [2.45, 2.75) is 38.8 Å². The molecule has 1 N–H and O–H groups in total. The van der Waals surface area contributed by atoms with Gasteiger partial charge in [0.15, 0.2) is 0 Å². The van der Waals surface area contributed by atoms with E-state index in [1.54, 1.807) is 6.92 Å². The minimum absolute atomic E-state index is 0.160. The van der Waals surface area contributed by atoms with Crippen LogP contribution in [0.3, 0.4) is 0 Å². The Hall–Kier alpha value is -2.99. The van der Waals surface area contributed by atoms with Gasteiger partial charge in [0.25, 0.3) is 5.91 Å². The van der Waals surface area contributed by atoms with Crippen LogP contribution in [0.2, 0.25) is 0 Å². The van der Waals surface area contributed by atoms with Gasteiger partial charge in [-0.25, -0.2) is 9.78 Å². The number of hydrogen-bond acceptors (Lipinski definition) is 4. The molecule has 0 bridgehead atoms. The Balaban J connectivity index is 1.55. The van der Waals surface area contributed by atoms with Crippen LogP contribution in [0.1, 0.15) is 43.5 Å². The molecule has 5 nitrogen and oxygen atoms in total. The maximum absolute atomic E-state index is 13.2. The van der Waals surface area contributed by atoms with Crippen molar-refractivity contribution in [3.8, 4) is 10.6 Å². The Morgan fingerprint density at radius 2 is 1.76 bits per heavy atom. The third-order valence-corrected chi connectivity index (χ3v) is 6.26. The summed E-state index contributed by atoms with van der Waals surface area (Å²) in [5.74, 6) is 0.153. The Morgan fingerprint density at radius 1 is 1.07 bits per heavy atom. The highest BCUT2D eigenvalue weighted by Gasteiger charge is 2.49. The molecule has 3 aromatic rings. The fourth-order valence-corrected chi connectivity index (χ4v) is 4.31. The van der Waals surface area contributed by atoms with Crippen LogP contribution in [-0.4, -0.2) is 21.8 Å². The van der Waals surface area contributed by atoms with Crippen molar-refractivity contribution in [3.05, 3.63) is 76.8 Å². The molecule has 29 heavy (non-hydrogen) atoms. The van der Waals surface area contributed by atoms with Gasteiger partial charge in [-0.2, -0.15) is 0 Å². The fourth-order valence-electron chi connectivity index (χ4n) is 3.49. The molecule has 0 radical (unpaired) electrons. The first kappa shape index (κ1) is 19.3. The second kappa shape index (κ2) is 7.44. The predicted molar refractivity (Wildman–Crippen MR) is 115 cm³/mol. The minimum atomic E-state index is -1.06. The molecule has 0 aliphatic carbocycles. The van der Waals surface area contributed by atoms with E-state index in [2.05, 4.69) is 24.1 Å². The highest BCUT2D eigenvalue weighted by atomic mass is 32.1. The normalized spacial score (nSPS) is 19.1. The first-order valence-corrected chi connectivity index (χ1v) is 10.5. The number of aromatic nitrogens is 1. The summed E-state index contributed by atoms with van der Waals surface area (Å²) in [5.41, 5.74) is 2.64. The van der Waals surface area contributed by atoms with Crippen LogP contribution in [0, 0.1) is 0 Å². The van der Waals surface area contributed by atoms with Gasteiger partial charge >= 0.3 is 6.03 Å². The lowest BCUT2D eigenvalue weighted by atomic mass is 9.90. The number of imide groups is 1. The van der Waals surface area contributed by atoms with Gasteiger partial charge in [0.2, 0.25) is 0 Å². The van der Waals surface area contributed by atoms with Gasteiger partial charge in [-0.05, 0) is 24.0 Å². The summed E-state index contributed by atoms with van der Waals surface area (Å²) < 4.78 is 0. The van der Waals surface area contributed by atoms with E-state index in [0.717, 1.165) is 16.1 Å². The first-order valence-electron chi connectivity index (χ1n) is 9.63. The lowest BCUT2D eigenvalue weighted by Crippen LogP contribution is -2.40. The molecule has 148 valence electrons. The van der Waals surface area contributed by atoms with Crippen molar-refractivity contribution in [2.75, 3.05) is 0 Å². The minimum Gasteiger partial charge on any atom is -0.319 e. The fraction of sp³-hybridized carbons (Fsp3) is 0.261. The molecular weight excluding hydrogens is 382 g/mol. The molecule has 1 saturated heterocycles. The van der Waals surface area contributed by atoms with Gasteiger partial charge in [0, 0.05) is 10.9 Å². The Labute approximate surface area is 174 Å². The van der Waals surface area contributed by atoms with Crippen LogP contribution in [-0.2, 0) is 16.9 Å². The number of nitrogens with one attached hydrogen (secondary N) is 1. The van der Waals surface area contributed by atoms with Gasteiger partial charge in [-0.1, -0.05) is 68.4 Å². The van der Waals surface area contributed by atoms with Crippen molar-refractivity contribution in [1.29, 1.82) is 0 Å². The number of carbonyl (C=O) groups excluding carboxylic acids is 2. The van der Waals surface area contributed by atoms with Crippen molar-refractivity contribution in [2.24, 2.45) is 0 Å². The molecule has 6 heteroatoms. The number of nitrogens with zero attached hydrogens (tertiary/aromatic N) is 2. The smallest absolute Gasteiger partial charge is 0.319 e. The van der Waals surface area contributed by atoms with Crippen molar-refractivity contribution in [3.63, 3.8) is 0 Å². The molecule has 0 unspecified atom stereocenters. The SMILES string of the molecule is CC(C)c1ccc([C@@]2(C)NC(=O)N(Cc3csc(-c4ccccc4)n3)C2=O)cc1. The van der Waals surface area contributed by atoms with E-state index in [9.17, 15) is 9.59 Å². The highest BCUT2D eigenvalue weighted by Crippen LogP contribution is 2.31. The third kappa shape index (κ3) is 3.56. The summed E-state index contributed by atoms with van der Waals surface area (Å²) in [6.07, 6.45) is 0. The number of benzene rings is 2. The molecule has 1 aliphatic rings. The van der Waals surface area contributed by atoms with E-state index < -0.39 is 5.54 Å². The molecule has 1 aliphatic heterocycles. The van der Waals surface area contributed by atoms with Crippen LogP contribution in [0.15, 0.2) is 60.0 Å². The van der Waals surface area contributed by atoms with Crippen LogP contribution >= 0.6 is 11.3 Å².